The normalized spacial score (nSPS) is 10.9. The van der Waals surface area contributed by atoms with Crippen molar-refractivity contribution in [2.45, 2.75) is 6.42 Å². The van der Waals surface area contributed by atoms with Gasteiger partial charge in [0, 0.05) is 5.02 Å². The third-order valence-corrected chi connectivity index (χ3v) is 1.90. The minimum Gasteiger partial charge on any atom is -0.375 e. The van der Waals surface area contributed by atoms with Crippen LogP contribution in [0, 0.1) is 7.11 Å². The van der Waals surface area contributed by atoms with Crippen LogP contribution in [0.25, 0.3) is 0 Å². The van der Waals surface area contributed by atoms with Crippen molar-refractivity contribution in [2.24, 2.45) is 0 Å². The molecule has 0 unspecified atom stereocenters. The van der Waals surface area contributed by atoms with Crippen LogP contribution in [0.2, 0.25) is 5.02 Å². The van der Waals surface area contributed by atoms with Crippen LogP contribution in [0.3, 0.4) is 0 Å². The molecular weight excluding hydrogens is 184 g/mol. The van der Waals surface area contributed by atoms with Crippen LogP contribution in [0.15, 0.2) is 36.4 Å². The van der Waals surface area contributed by atoms with Gasteiger partial charge in [0.05, 0.1) is 13.7 Å². The molecule has 0 atom stereocenters. The van der Waals surface area contributed by atoms with E-state index in [1.54, 1.807) is 0 Å². The molecule has 0 saturated heterocycles. The number of allylic oxidation sites excluding steroid dienone is 1. The number of benzene rings is 1. The average molecular weight is 196 g/mol. The van der Waals surface area contributed by atoms with E-state index in [4.69, 9.17) is 11.6 Å². The Morgan fingerprint density at radius 2 is 1.92 bits per heavy atom. The Kier molecular flexibility index (Phi) is 4.58. The van der Waals surface area contributed by atoms with Gasteiger partial charge in [0.2, 0.25) is 0 Å². The summed E-state index contributed by atoms with van der Waals surface area (Å²) in [5.74, 6) is 0. The molecule has 0 aliphatic rings. The summed E-state index contributed by atoms with van der Waals surface area (Å²) in [6.07, 6.45) is 4.90. The van der Waals surface area contributed by atoms with Gasteiger partial charge in [-0.2, -0.15) is 0 Å². The molecule has 0 N–H and O–H groups in total. The minimum atomic E-state index is 0.563. The van der Waals surface area contributed by atoms with Crippen molar-refractivity contribution < 1.29 is 4.74 Å². The van der Waals surface area contributed by atoms with E-state index in [0.717, 1.165) is 11.4 Å². The van der Waals surface area contributed by atoms with Crippen molar-refractivity contribution in [2.75, 3.05) is 6.61 Å². The molecule has 0 aliphatic carbocycles. The van der Waals surface area contributed by atoms with E-state index in [2.05, 4.69) is 17.9 Å². The lowest BCUT2D eigenvalue weighted by molar-refractivity contribution is 0.281. The van der Waals surface area contributed by atoms with E-state index >= 15 is 0 Å². The Labute approximate surface area is 84.0 Å². The van der Waals surface area contributed by atoms with E-state index in [9.17, 15) is 0 Å². The summed E-state index contributed by atoms with van der Waals surface area (Å²) in [5.41, 5.74) is 1.24. The molecule has 0 heterocycles. The van der Waals surface area contributed by atoms with E-state index < -0.39 is 0 Å². The topological polar surface area (TPSA) is 9.23 Å². The van der Waals surface area contributed by atoms with Crippen molar-refractivity contribution in [3.8, 4) is 0 Å². The lowest BCUT2D eigenvalue weighted by Gasteiger charge is -1.95. The van der Waals surface area contributed by atoms with E-state index in [1.165, 1.54) is 5.56 Å². The second kappa shape index (κ2) is 5.79. The average Bonchev–Trinajstić information content (AvgIpc) is 2.15. The molecular formula is C11H12ClO. The second-order valence-electron chi connectivity index (χ2n) is 2.67. The van der Waals surface area contributed by atoms with E-state index in [0.29, 0.717) is 6.61 Å². The first-order valence-electron chi connectivity index (χ1n) is 4.09. The van der Waals surface area contributed by atoms with Crippen molar-refractivity contribution in [1.82, 2.24) is 0 Å². The Balaban J connectivity index is 2.41. The van der Waals surface area contributed by atoms with Crippen molar-refractivity contribution in [3.05, 3.63) is 54.1 Å². The lowest BCUT2D eigenvalue weighted by atomic mass is 10.1. The van der Waals surface area contributed by atoms with Gasteiger partial charge in [-0.25, -0.2) is 0 Å². The summed E-state index contributed by atoms with van der Waals surface area (Å²) >= 11 is 5.75. The first kappa shape index (κ1) is 10.3. The zero-order chi connectivity index (χ0) is 9.52. The standard InChI is InChI=1S/C11H12ClO/c1-13-9-3-2-4-10-5-7-11(12)8-6-10/h2-3,5-8H,1,4,9H2. The summed E-state index contributed by atoms with van der Waals surface area (Å²) in [5, 5.41) is 0.772. The Hall–Kier alpha value is -0.790. The molecule has 1 radical (unpaired) electrons. The van der Waals surface area contributed by atoms with Gasteiger partial charge < -0.3 is 4.74 Å². The molecule has 13 heavy (non-hydrogen) atoms. The predicted octanol–water partition coefficient (Wildman–Crippen LogP) is 3.25. The van der Waals surface area contributed by atoms with Crippen LogP contribution in [-0.2, 0) is 11.2 Å². The maximum absolute atomic E-state index is 5.75. The van der Waals surface area contributed by atoms with Crippen LogP contribution >= 0.6 is 11.6 Å². The molecule has 0 fully saturated rings. The monoisotopic (exact) mass is 195 g/mol. The smallest absolute Gasteiger partial charge is 0.0704 e. The van der Waals surface area contributed by atoms with E-state index in [1.807, 2.05) is 30.3 Å². The first-order valence-corrected chi connectivity index (χ1v) is 4.47. The third-order valence-electron chi connectivity index (χ3n) is 1.65. The summed E-state index contributed by atoms with van der Waals surface area (Å²) in [6.45, 7) is 0.563. The number of halogens is 1. The van der Waals surface area contributed by atoms with Gasteiger partial charge in [-0.15, -0.1) is 0 Å². The number of hydrogen-bond acceptors (Lipinski definition) is 1. The zero-order valence-corrected chi connectivity index (χ0v) is 8.13. The molecule has 0 bridgehead atoms. The predicted molar refractivity (Wildman–Crippen MR) is 55.6 cm³/mol. The summed E-state index contributed by atoms with van der Waals surface area (Å²) in [4.78, 5) is 0. The van der Waals surface area contributed by atoms with Crippen LogP contribution in [0.4, 0.5) is 0 Å². The quantitative estimate of drug-likeness (QED) is 0.671. The number of rotatable bonds is 4. The number of ether oxygens (including phenoxy) is 1. The van der Waals surface area contributed by atoms with Gasteiger partial charge in [0.1, 0.15) is 0 Å². The number of hydrogen-bond donors (Lipinski definition) is 0. The maximum Gasteiger partial charge on any atom is 0.0704 e. The fourth-order valence-corrected chi connectivity index (χ4v) is 1.10. The summed E-state index contributed by atoms with van der Waals surface area (Å²) < 4.78 is 4.64. The molecule has 0 aliphatic heterocycles. The highest BCUT2D eigenvalue weighted by molar-refractivity contribution is 6.30. The minimum absolute atomic E-state index is 0.563. The highest BCUT2D eigenvalue weighted by Crippen LogP contribution is 2.09. The van der Waals surface area contributed by atoms with Gasteiger partial charge in [-0.1, -0.05) is 35.9 Å². The summed E-state index contributed by atoms with van der Waals surface area (Å²) in [6, 6.07) is 7.81. The Bertz CT molecular complexity index is 264. The highest BCUT2D eigenvalue weighted by Gasteiger charge is 1.88. The van der Waals surface area contributed by atoms with Gasteiger partial charge >= 0.3 is 0 Å². The molecule has 1 rings (SSSR count). The zero-order valence-electron chi connectivity index (χ0n) is 7.37. The van der Waals surface area contributed by atoms with Crippen LogP contribution < -0.4 is 0 Å². The van der Waals surface area contributed by atoms with Gasteiger partial charge in [0.25, 0.3) is 0 Å². The molecule has 1 aromatic carbocycles. The second-order valence-corrected chi connectivity index (χ2v) is 3.11. The summed E-state index contributed by atoms with van der Waals surface area (Å²) in [7, 11) is 3.27. The van der Waals surface area contributed by atoms with Gasteiger partial charge in [0.15, 0.2) is 0 Å². The third kappa shape index (κ3) is 4.11. The molecule has 69 valence electrons. The highest BCUT2D eigenvalue weighted by atomic mass is 35.5. The molecule has 1 aromatic rings. The molecule has 1 nitrogen and oxygen atoms in total. The van der Waals surface area contributed by atoms with Crippen molar-refractivity contribution >= 4 is 11.6 Å². The molecule has 2 heteroatoms. The lowest BCUT2D eigenvalue weighted by Crippen LogP contribution is -1.82. The fraction of sp³-hybridized carbons (Fsp3) is 0.182. The SMILES string of the molecule is [CH2]OCC=CCc1ccc(Cl)cc1. The van der Waals surface area contributed by atoms with Crippen molar-refractivity contribution in [1.29, 1.82) is 0 Å². The maximum atomic E-state index is 5.75. The molecule has 0 amide bonds. The van der Waals surface area contributed by atoms with Crippen molar-refractivity contribution in [3.63, 3.8) is 0 Å². The Morgan fingerprint density at radius 1 is 1.23 bits per heavy atom. The fourth-order valence-electron chi connectivity index (χ4n) is 0.976. The van der Waals surface area contributed by atoms with Crippen LogP contribution in [0.1, 0.15) is 5.56 Å². The van der Waals surface area contributed by atoms with E-state index in [-0.39, 0.29) is 0 Å². The van der Waals surface area contributed by atoms with Gasteiger partial charge in [-0.3, -0.25) is 0 Å². The largest absolute Gasteiger partial charge is 0.375 e. The van der Waals surface area contributed by atoms with Gasteiger partial charge in [-0.05, 0) is 24.1 Å². The molecule has 0 spiro atoms. The molecule has 0 aromatic heterocycles. The molecule has 0 saturated carbocycles. The van der Waals surface area contributed by atoms with Crippen LogP contribution in [-0.4, -0.2) is 6.61 Å². The Morgan fingerprint density at radius 3 is 2.54 bits per heavy atom. The first-order chi connectivity index (χ1) is 6.33. The van der Waals surface area contributed by atoms with Crippen LogP contribution in [0.5, 0.6) is 0 Å².